The summed E-state index contributed by atoms with van der Waals surface area (Å²) in [4.78, 5) is 23.6. The van der Waals surface area contributed by atoms with Crippen LogP contribution in [0.2, 0.25) is 0 Å². The van der Waals surface area contributed by atoms with Gasteiger partial charge in [0.1, 0.15) is 0 Å². The molecule has 0 bridgehead atoms. The maximum Gasteiger partial charge on any atom is 0.312 e. The molecular formula is C21H22O4. The average Bonchev–Trinajstić information content (AvgIpc) is 2.64. The molecule has 4 nitrogen and oxygen atoms in total. The molecule has 1 N–H and O–H groups in total. The summed E-state index contributed by atoms with van der Waals surface area (Å²) in [6, 6.07) is 19.0. The predicted molar refractivity (Wildman–Crippen MR) is 96.1 cm³/mol. The Morgan fingerprint density at radius 2 is 1.32 bits per heavy atom. The number of methoxy groups -OCH3 is 1. The van der Waals surface area contributed by atoms with Gasteiger partial charge in [-0.3, -0.25) is 9.59 Å². The van der Waals surface area contributed by atoms with E-state index in [0.29, 0.717) is 12.8 Å². The highest BCUT2D eigenvalue weighted by molar-refractivity contribution is 5.76. The number of ether oxygens (including phenoxy) is 1. The summed E-state index contributed by atoms with van der Waals surface area (Å²) in [6.07, 6.45) is 4.11. The number of carbonyl (C=O) groups excluding carboxylic acids is 1. The number of rotatable bonds is 8. The lowest BCUT2D eigenvalue weighted by molar-refractivity contribution is -0.144. The molecule has 0 radical (unpaired) electrons. The Balaban J connectivity index is 2.13. The zero-order chi connectivity index (χ0) is 18.1. The first-order valence-electron chi connectivity index (χ1n) is 8.17. The largest absolute Gasteiger partial charge is 0.481 e. The number of esters is 1. The van der Waals surface area contributed by atoms with Crippen LogP contribution in [-0.2, 0) is 27.2 Å². The van der Waals surface area contributed by atoms with Crippen molar-refractivity contribution in [2.45, 2.75) is 12.8 Å². The Morgan fingerprint density at radius 1 is 0.880 bits per heavy atom. The van der Waals surface area contributed by atoms with Crippen molar-refractivity contribution in [2.75, 3.05) is 7.11 Å². The number of hydrogen-bond acceptors (Lipinski definition) is 3. The van der Waals surface area contributed by atoms with Gasteiger partial charge in [0.05, 0.1) is 18.9 Å². The Morgan fingerprint density at radius 3 is 1.76 bits per heavy atom. The van der Waals surface area contributed by atoms with Crippen LogP contribution >= 0.6 is 0 Å². The van der Waals surface area contributed by atoms with E-state index in [4.69, 9.17) is 4.74 Å². The van der Waals surface area contributed by atoms with E-state index in [1.807, 2.05) is 60.7 Å². The second kappa shape index (κ2) is 9.42. The van der Waals surface area contributed by atoms with Crippen LogP contribution in [-0.4, -0.2) is 24.2 Å². The van der Waals surface area contributed by atoms with Crippen LogP contribution in [0.15, 0.2) is 72.8 Å². The van der Waals surface area contributed by atoms with Crippen molar-refractivity contribution >= 4 is 11.9 Å². The van der Waals surface area contributed by atoms with Gasteiger partial charge in [-0.25, -0.2) is 0 Å². The fourth-order valence-corrected chi connectivity index (χ4v) is 2.62. The monoisotopic (exact) mass is 338 g/mol. The third kappa shape index (κ3) is 5.92. The first kappa shape index (κ1) is 18.5. The molecule has 0 fully saturated rings. The highest BCUT2D eigenvalue weighted by Crippen LogP contribution is 2.16. The number of aliphatic carboxylic acids is 1. The van der Waals surface area contributed by atoms with E-state index in [1.54, 1.807) is 12.2 Å². The van der Waals surface area contributed by atoms with E-state index >= 15 is 0 Å². The van der Waals surface area contributed by atoms with Crippen molar-refractivity contribution < 1.29 is 19.4 Å². The fraction of sp³-hybridized carbons (Fsp3) is 0.238. The molecule has 0 aliphatic rings. The van der Waals surface area contributed by atoms with Gasteiger partial charge in [0.25, 0.3) is 0 Å². The lowest BCUT2D eigenvalue weighted by Crippen LogP contribution is -2.19. The van der Waals surface area contributed by atoms with E-state index in [-0.39, 0.29) is 5.97 Å². The van der Waals surface area contributed by atoms with Crippen molar-refractivity contribution in [3.8, 4) is 0 Å². The zero-order valence-electron chi connectivity index (χ0n) is 14.2. The van der Waals surface area contributed by atoms with Gasteiger partial charge in [0.15, 0.2) is 0 Å². The summed E-state index contributed by atoms with van der Waals surface area (Å²) in [5, 5.41) is 9.47. The van der Waals surface area contributed by atoms with E-state index in [0.717, 1.165) is 11.1 Å². The second-order valence-corrected chi connectivity index (χ2v) is 5.84. The Bertz CT molecular complexity index is 707. The lowest BCUT2D eigenvalue weighted by Gasteiger charge is -2.13. The van der Waals surface area contributed by atoms with Gasteiger partial charge in [-0.15, -0.1) is 0 Å². The van der Waals surface area contributed by atoms with Gasteiger partial charge >= 0.3 is 11.9 Å². The minimum Gasteiger partial charge on any atom is -0.481 e. The standard InChI is InChI=1S/C21H22O4/c1-25-21(24)19(15-17-10-6-3-7-11-17)13-12-18(20(22)23)14-16-8-4-2-5-9-16/h2-13,18-19H,14-15H2,1H3,(H,22,23)/b13-12+/t18-,19-/m1/s1. The van der Waals surface area contributed by atoms with Crippen LogP contribution < -0.4 is 0 Å². The zero-order valence-corrected chi connectivity index (χ0v) is 14.2. The molecule has 0 spiro atoms. The fourth-order valence-electron chi connectivity index (χ4n) is 2.62. The van der Waals surface area contributed by atoms with Crippen molar-refractivity contribution in [3.63, 3.8) is 0 Å². The topological polar surface area (TPSA) is 63.6 Å². The molecule has 2 atom stereocenters. The molecule has 2 aromatic carbocycles. The number of carboxylic acids is 1. The van der Waals surface area contributed by atoms with Crippen LogP contribution in [0.4, 0.5) is 0 Å². The predicted octanol–water partition coefficient (Wildman–Crippen LogP) is 3.52. The van der Waals surface area contributed by atoms with Crippen molar-refractivity contribution in [1.29, 1.82) is 0 Å². The average molecular weight is 338 g/mol. The number of hydrogen-bond donors (Lipinski definition) is 1. The Labute approximate surface area is 147 Å². The highest BCUT2D eigenvalue weighted by Gasteiger charge is 2.20. The Hall–Kier alpha value is -2.88. The van der Waals surface area contributed by atoms with Gasteiger partial charge in [0.2, 0.25) is 0 Å². The Kier molecular flexibility index (Phi) is 6.96. The molecule has 0 amide bonds. The maximum absolute atomic E-state index is 12.0. The normalized spacial score (nSPS) is 13.3. The first-order chi connectivity index (χ1) is 12.1. The minimum atomic E-state index is -0.913. The van der Waals surface area contributed by atoms with Crippen molar-refractivity contribution in [1.82, 2.24) is 0 Å². The van der Waals surface area contributed by atoms with Crippen molar-refractivity contribution in [3.05, 3.63) is 83.9 Å². The molecule has 0 aromatic heterocycles. The van der Waals surface area contributed by atoms with Gasteiger partial charge in [-0.1, -0.05) is 72.8 Å². The smallest absolute Gasteiger partial charge is 0.312 e. The van der Waals surface area contributed by atoms with Crippen LogP contribution in [0.3, 0.4) is 0 Å². The highest BCUT2D eigenvalue weighted by atomic mass is 16.5. The quantitative estimate of drug-likeness (QED) is 0.591. The molecular weight excluding hydrogens is 316 g/mol. The molecule has 0 saturated carbocycles. The third-order valence-corrected chi connectivity index (χ3v) is 3.99. The molecule has 130 valence electrons. The number of carbonyl (C=O) groups is 2. The molecule has 0 aliphatic carbocycles. The summed E-state index contributed by atoms with van der Waals surface area (Å²) in [6.45, 7) is 0. The van der Waals surface area contributed by atoms with Crippen LogP contribution in [0.5, 0.6) is 0 Å². The van der Waals surface area contributed by atoms with Crippen LogP contribution in [0, 0.1) is 11.8 Å². The molecule has 0 saturated heterocycles. The molecule has 0 aliphatic heterocycles. The van der Waals surface area contributed by atoms with Gasteiger partial charge in [0, 0.05) is 0 Å². The SMILES string of the molecule is COC(=O)[C@H](/C=C/[C@H](Cc1ccccc1)C(=O)O)Cc1ccccc1. The summed E-state index contributed by atoms with van der Waals surface area (Å²) < 4.78 is 4.86. The third-order valence-electron chi connectivity index (χ3n) is 3.99. The van der Waals surface area contributed by atoms with E-state index in [1.165, 1.54) is 7.11 Å². The number of benzene rings is 2. The van der Waals surface area contributed by atoms with E-state index in [9.17, 15) is 14.7 Å². The first-order valence-corrected chi connectivity index (χ1v) is 8.17. The van der Waals surface area contributed by atoms with Gasteiger partial charge in [-0.2, -0.15) is 0 Å². The van der Waals surface area contributed by atoms with E-state index in [2.05, 4.69) is 0 Å². The van der Waals surface area contributed by atoms with Crippen LogP contribution in [0.25, 0.3) is 0 Å². The van der Waals surface area contributed by atoms with Crippen molar-refractivity contribution in [2.24, 2.45) is 11.8 Å². The van der Waals surface area contributed by atoms with E-state index < -0.39 is 17.8 Å². The molecule has 2 aromatic rings. The molecule has 25 heavy (non-hydrogen) atoms. The number of carboxylic acid groups (broad SMARTS) is 1. The molecule has 0 heterocycles. The molecule has 2 rings (SSSR count). The maximum atomic E-state index is 12.0. The molecule has 4 heteroatoms. The minimum absolute atomic E-state index is 0.371. The van der Waals surface area contributed by atoms with Gasteiger partial charge in [-0.05, 0) is 24.0 Å². The second-order valence-electron chi connectivity index (χ2n) is 5.84. The summed E-state index contributed by atoms with van der Waals surface area (Å²) in [5.74, 6) is -2.48. The summed E-state index contributed by atoms with van der Waals surface area (Å²) in [7, 11) is 1.34. The molecule has 0 unspecified atom stereocenters. The van der Waals surface area contributed by atoms with Crippen LogP contribution in [0.1, 0.15) is 11.1 Å². The van der Waals surface area contributed by atoms with Gasteiger partial charge < -0.3 is 9.84 Å². The summed E-state index contributed by atoms with van der Waals surface area (Å²) in [5.41, 5.74) is 1.94. The lowest BCUT2D eigenvalue weighted by atomic mass is 9.94. The summed E-state index contributed by atoms with van der Waals surface area (Å²) >= 11 is 0.